The van der Waals surface area contributed by atoms with Gasteiger partial charge < -0.3 is 0 Å². The van der Waals surface area contributed by atoms with E-state index in [1.807, 2.05) is 0 Å². The molecule has 0 atom stereocenters. The number of carbonyl (C=O) groups excluding carboxylic acids is 1. The van der Waals surface area contributed by atoms with Crippen LogP contribution in [0.2, 0.25) is 0 Å². The maximum Gasteiger partial charge on any atom is 0.232 e. The Balaban J connectivity index is 1.72. The molecule has 164 valence electrons. The lowest BCUT2D eigenvalue weighted by atomic mass is 9.96. The van der Waals surface area contributed by atoms with Gasteiger partial charge in [-0.15, -0.1) is 0 Å². The average Bonchev–Trinajstić information content (AvgIpc) is 3.19. The van der Waals surface area contributed by atoms with E-state index in [2.05, 4.69) is 14.7 Å². The van der Waals surface area contributed by atoms with E-state index in [0.29, 0.717) is 24.1 Å². The van der Waals surface area contributed by atoms with Crippen molar-refractivity contribution in [2.75, 3.05) is 10.5 Å². The lowest BCUT2D eigenvalue weighted by Crippen LogP contribution is -2.18. The first-order valence-electron chi connectivity index (χ1n) is 9.93. The van der Waals surface area contributed by atoms with Crippen LogP contribution in [-0.4, -0.2) is 29.9 Å². The first kappa shape index (κ1) is 21.8. The Morgan fingerprint density at radius 3 is 2.59 bits per heavy atom. The fourth-order valence-corrected chi connectivity index (χ4v) is 4.71. The molecule has 1 aromatic carbocycles. The largest absolute Gasteiger partial charge is 0.288 e. The number of halogens is 2. The van der Waals surface area contributed by atoms with Crippen LogP contribution >= 0.6 is 0 Å². The molecule has 2 aromatic heterocycles. The highest BCUT2D eigenvalue weighted by atomic mass is 32.2. The van der Waals surface area contributed by atoms with Crippen LogP contribution in [0.15, 0.2) is 55.0 Å². The third kappa shape index (κ3) is 4.16. The SMILES string of the molecule is CCCS(=O)(=O)Nc1ccc(F)c(C(=O)C2=CCc3ncc(-c4ccncc4)cc32)c1F. The minimum Gasteiger partial charge on any atom is -0.288 e. The quantitative estimate of drug-likeness (QED) is 0.534. The van der Waals surface area contributed by atoms with Crippen LogP contribution in [0.3, 0.4) is 0 Å². The van der Waals surface area contributed by atoms with Gasteiger partial charge in [0.25, 0.3) is 0 Å². The molecule has 1 aliphatic carbocycles. The zero-order valence-corrected chi connectivity index (χ0v) is 17.9. The van der Waals surface area contributed by atoms with E-state index < -0.39 is 38.7 Å². The molecule has 0 aliphatic heterocycles. The maximum atomic E-state index is 15.1. The smallest absolute Gasteiger partial charge is 0.232 e. The molecule has 0 radical (unpaired) electrons. The molecule has 2 heterocycles. The van der Waals surface area contributed by atoms with E-state index in [0.717, 1.165) is 23.3 Å². The number of nitrogens with one attached hydrogen (secondary N) is 1. The third-order valence-corrected chi connectivity index (χ3v) is 6.55. The average molecular weight is 455 g/mol. The minimum atomic E-state index is -3.82. The normalized spacial score (nSPS) is 12.9. The van der Waals surface area contributed by atoms with Crippen LogP contribution in [0.25, 0.3) is 16.7 Å². The summed E-state index contributed by atoms with van der Waals surface area (Å²) < 4.78 is 55.8. The van der Waals surface area contributed by atoms with Crippen LogP contribution in [0.4, 0.5) is 14.5 Å². The number of sulfonamides is 1. The number of hydrogen-bond acceptors (Lipinski definition) is 5. The van der Waals surface area contributed by atoms with E-state index >= 15 is 4.39 Å². The molecule has 0 spiro atoms. The molecule has 6 nitrogen and oxygen atoms in total. The summed E-state index contributed by atoms with van der Waals surface area (Å²) in [6, 6.07) is 7.17. The zero-order valence-electron chi connectivity index (χ0n) is 17.1. The Morgan fingerprint density at radius 2 is 1.88 bits per heavy atom. The van der Waals surface area contributed by atoms with Gasteiger partial charge >= 0.3 is 0 Å². The number of ketones is 1. The number of Topliss-reactive ketones (excluding diaryl/α,β-unsaturated/α-hetero) is 1. The number of carbonyl (C=O) groups is 1. The van der Waals surface area contributed by atoms with Gasteiger partial charge in [0.05, 0.1) is 22.7 Å². The van der Waals surface area contributed by atoms with Crippen molar-refractivity contribution < 1.29 is 22.0 Å². The second-order valence-electron chi connectivity index (χ2n) is 7.31. The lowest BCUT2D eigenvalue weighted by molar-refractivity contribution is 0.104. The number of hydrogen-bond donors (Lipinski definition) is 1. The van der Waals surface area contributed by atoms with E-state index in [1.54, 1.807) is 49.8 Å². The molecule has 4 rings (SSSR count). The molecule has 0 saturated carbocycles. The van der Waals surface area contributed by atoms with Crippen molar-refractivity contribution in [3.63, 3.8) is 0 Å². The first-order valence-corrected chi connectivity index (χ1v) is 11.6. The van der Waals surface area contributed by atoms with Crippen molar-refractivity contribution in [2.45, 2.75) is 19.8 Å². The van der Waals surface area contributed by atoms with Crippen LogP contribution in [0, 0.1) is 11.6 Å². The monoisotopic (exact) mass is 455 g/mol. The summed E-state index contributed by atoms with van der Waals surface area (Å²) in [5.41, 5.74) is 1.51. The van der Waals surface area contributed by atoms with Crippen LogP contribution < -0.4 is 4.72 Å². The lowest BCUT2D eigenvalue weighted by Gasteiger charge is -2.13. The number of allylic oxidation sites excluding steroid dienone is 2. The van der Waals surface area contributed by atoms with E-state index in [1.165, 1.54) is 0 Å². The number of benzene rings is 1. The van der Waals surface area contributed by atoms with E-state index in [-0.39, 0.29) is 11.3 Å². The van der Waals surface area contributed by atoms with Crippen molar-refractivity contribution in [1.82, 2.24) is 9.97 Å². The Hall–Kier alpha value is -3.46. The Kier molecular flexibility index (Phi) is 5.84. The summed E-state index contributed by atoms with van der Waals surface area (Å²) >= 11 is 0. The van der Waals surface area contributed by atoms with Crippen LogP contribution in [-0.2, 0) is 16.4 Å². The molecule has 0 unspecified atom stereocenters. The Bertz CT molecular complexity index is 1340. The van der Waals surface area contributed by atoms with Gasteiger partial charge in [0.2, 0.25) is 10.0 Å². The second kappa shape index (κ2) is 8.58. The van der Waals surface area contributed by atoms with Crippen molar-refractivity contribution in [1.29, 1.82) is 0 Å². The van der Waals surface area contributed by atoms with Crippen LogP contribution in [0.1, 0.15) is 35.0 Å². The van der Waals surface area contributed by atoms with Gasteiger partial charge in [-0.05, 0) is 42.3 Å². The topological polar surface area (TPSA) is 89.0 Å². The molecule has 0 amide bonds. The summed E-state index contributed by atoms with van der Waals surface area (Å²) in [6.07, 6.45) is 7.16. The summed E-state index contributed by atoms with van der Waals surface area (Å²) in [7, 11) is -3.82. The van der Waals surface area contributed by atoms with Gasteiger partial charge in [0.1, 0.15) is 5.82 Å². The number of anilines is 1. The van der Waals surface area contributed by atoms with Crippen molar-refractivity contribution in [3.8, 4) is 11.1 Å². The van der Waals surface area contributed by atoms with Crippen molar-refractivity contribution in [3.05, 3.63) is 83.5 Å². The van der Waals surface area contributed by atoms with Gasteiger partial charge in [0, 0.05) is 41.7 Å². The highest BCUT2D eigenvalue weighted by Crippen LogP contribution is 2.34. The molecule has 0 saturated heterocycles. The Labute approximate surface area is 184 Å². The predicted molar refractivity (Wildman–Crippen MR) is 118 cm³/mol. The molecule has 9 heteroatoms. The predicted octanol–water partition coefficient (Wildman–Crippen LogP) is 4.40. The van der Waals surface area contributed by atoms with Crippen molar-refractivity contribution in [2.24, 2.45) is 0 Å². The summed E-state index contributed by atoms with van der Waals surface area (Å²) in [4.78, 5) is 21.5. The van der Waals surface area contributed by atoms with Crippen LogP contribution in [0.5, 0.6) is 0 Å². The maximum absolute atomic E-state index is 15.1. The fraction of sp³-hybridized carbons (Fsp3) is 0.174. The number of aromatic nitrogens is 2. The van der Waals surface area contributed by atoms with Gasteiger partial charge in [0.15, 0.2) is 11.6 Å². The standard InChI is InChI=1S/C23H19F2N3O3S/c1-2-11-32(30,31)28-20-6-4-18(24)21(22(20)25)23(29)16-3-5-19-17(16)12-15(13-27-19)14-7-9-26-10-8-14/h3-4,6-10,12-13,28H,2,5,11H2,1H3. The molecule has 3 aromatic rings. The first-order chi connectivity index (χ1) is 15.3. The number of pyridine rings is 2. The fourth-order valence-electron chi connectivity index (χ4n) is 3.58. The number of rotatable bonds is 7. The third-order valence-electron chi connectivity index (χ3n) is 5.07. The minimum absolute atomic E-state index is 0.120. The van der Waals surface area contributed by atoms with Crippen molar-refractivity contribution >= 4 is 27.1 Å². The zero-order chi connectivity index (χ0) is 22.9. The number of nitrogens with zero attached hydrogens (tertiary/aromatic N) is 2. The van der Waals surface area contributed by atoms with Gasteiger partial charge in [-0.1, -0.05) is 13.0 Å². The summed E-state index contributed by atoms with van der Waals surface area (Å²) in [6.45, 7) is 1.66. The summed E-state index contributed by atoms with van der Waals surface area (Å²) in [5, 5.41) is 0. The van der Waals surface area contributed by atoms with Gasteiger partial charge in [-0.2, -0.15) is 0 Å². The highest BCUT2D eigenvalue weighted by Gasteiger charge is 2.29. The van der Waals surface area contributed by atoms with Gasteiger partial charge in [-0.25, -0.2) is 17.2 Å². The molecule has 1 aliphatic rings. The van der Waals surface area contributed by atoms with E-state index in [4.69, 9.17) is 0 Å². The van der Waals surface area contributed by atoms with E-state index in [9.17, 15) is 17.6 Å². The molecular formula is C23H19F2N3O3S. The molecule has 1 N–H and O–H groups in total. The molecule has 0 fully saturated rings. The van der Waals surface area contributed by atoms with Gasteiger partial charge in [-0.3, -0.25) is 19.5 Å². The molecule has 0 bridgehead atoms. The summed E-state index contributed by atoms with van der Waals surface area (Å²) in [5.74, 6) is -3.42. The Morgan fingerprint density at radius 1 is 1.12 bits per heavy atom. The number of fused-ring (bicyclic) bond motifs is 1. The highest BCUT2D eigenvalue weighted by molar-refractivity contribution is 7.92. The molecule has 32 heavy (non-hydrogen) atoms. The molecular weight excluding hydrogens is 436 g/mol. The second-order valence-corrected chi connectivity index (χ2v) is 9.15.